The van der Waals surface area contributed by atoms with Gasteiger partial charge in [-0.05, 0) is 77.9 Å². The molecule has 0 aliphatic heterocycles. The topological polar surface area (TPSA) is 213 Å². The van der Waals surface area contributed by atoms with Gasteiger partial charge < -0.3 is 20.1 Å². The maximum atomic E-state index is 13.6. The van der Waals surface area contributed by atoms with Gasteiger partial charge >= 0.3 is 12.2 Å². The molecule has 0 bridgehead atoms. The lowest BCUT2D eigenvalue weighted by Gasteiger charge is -2.19. The van der Waals surface area contributed by atoms with Crippen molar-refractivity contribution >= 4 is 56.7 Å². The van der Waals surface area contributed by atoms with Gasteiger partial charge in [0.15, 0.2) is 34.7 Å². The Bertz CT molecular complexity index is 1780. The van der Waals surface area contributed by atoms with Crippen molar-refractivity contribution in [1.29, 1.82) is 0 Å². The number of ether oxygens (including phenoxy) is 2. The summed E-state index contributed by atoms with van der Waals surface area (Å²) in [7, 11) is -4.44. The van der Waals surface area contributed by atoms with E-state index in [1.54, 1.807) is 41.5 Å². The first-order valence-corrected chi connectivity index (χ1v) is 16.8. The summed E-state index contributed by atoms with van der Waals surface area (Å²) in [6.45, 7) is 9.52. The number of sulfone groups is 1. The predicted octanol–water partition coefficient (Wildman–Crippen LogP) is 3.48. The number of alkyl carbamates (subject to hydrolysis) is 2. The number of ketones is 6. The van der Waals surface area contributed by atoms with Crippen LogP contribution in [0.25, 0.3) is 0 Å². The van der Waals surface area contributed by atoms with Crippen LogP contribution in [0, 0.1) is 11.8 Å². The first kappa shape index (κ1) is 36.8. The van der Waals surface area contributed by atoms with Gasteiger partial charge in [0.05, 0.1) is 9.79 Å². The second kappa shape index (κ2) is 13.5. The van der Waals surface area contributed by atoms with Gasteiger partial charge in [-0.2, -0.15) is 0 Å². The fourth-order valence-electron chi connectivity index (χ4n) is 5.29. The van der Waals surface area contributed by atoms with Gasteiger partial charge in [-0.3, -0.25) is 28.8 Å². The number of carbonyl (C=O) groups is 8. The van der Waals surface area contributed by atoms with Gasteiger partial charge in [0.1, 0.15) is 23.0 Å². The number of benzene rings is 2. The van der Waals surface area contributed by atoms with Crippen LogP contribution in [-0.2, 0) is 28.9 Å². The van der Waals surface area contributed by atoms with Crippen molar-refractivity contribution in [3.63, 3.8) is 0 Å². The summed E-state index contributed by atoms with van der Waals surface area (Å²) in [4.78, 5) is 101. The molecule has 2 unspecified atom stereocenters. The van der Waals surface area contributed by atoms with Crippen molar-refractivity contribution in [3.05, 3.63) is 58.7 Å². The minimum atomic E-state index is -4.44. The summed E-state index contributed by atoms with van der Waals surface area (Å²) in [6.07, 6.45) is -2.28. The monoisotopic (exact) mass is 696 g/mol. The van der Waals surface area contributed by atoms with Crippen molar-refractivity contribution in [2.75, 3.05) is 13.1 Å². The summed E-state index contributed by atoms with van der Waals surface area (Å²) in [5.41, 5.74) is -2.38. The molecule has 2 N–H and O–H groups in total. The molecule has 49 heavy (non-hydrogen) atoms. The molecular weight excluding hydrogens is 660 g/mol. The number of hydrogen-bond acceptors (Lipinski definition) is 12. The molecule has 2 aliphatic carbocycles. The molecule has 2 aromatic carbocycles. The van der Waals surface area contributed by atoms with E-state index in [2.05, 4.69) is 10.6 Å². The number of carbonyl (C=O) groups excluding carboxylic acids is 8. The van der Waals surface area contributed by atoms with Crippen LogP contribution in [0.3, 0.4) is 0 Å². The summed E-state index contributed by atoms with van der Waals surface area (Å²) >= 11 is 0. The standard InChI is InChI=1S/C34H36N2O12S/c1-33(2,3)47-31(43)35-13-11-23(37)25-27(39)19-9-7-17(15-21(19)29(25)41)49(45,46)18-8-10-20-22(16-18)30(42)26(28(20)40)24(38)12-14-36-32(44)48-34(4,5)6/h7-10,15-16,25-26H,11-14H2,1-6H3,(H,35,43)(H,36,44). The van der Waals surface area contributed by atoms with Gasteiger partial charge in [0, 0.05) is 48.2 Å². The molecule has 0 saturated heterocycles. The van der Waals surface area contributed by atoms with Gasteiger partial charge in [0.2, 0.25) is 9.84 Å². The van der Waals surface area contributed by atoms with Crippen molar-refractivity contribution in [2.45, 2.75) is 75.4 Å². The summed E-state index contributed by atoms with van der Waals surface area (Å²) in [5.74, 6) is -8.32. The summed E-state index contributed by atoms with van der Waals surface area (Å²) in [5, 5.41) is 4.75. The Morgan fingerprint density at radius 2 is 0.918 bits per heavy atom. The van der Waals surface area contributed by atoms with Crippen molar-refractivity contribution in [2.24, 2.45) is 11.8 Å². The maximum absolute atomic E-state index is 13.6. The molecule has 14 nitrogen and oxygen atoms in total. The molecular formula is C34H36N2O12S. The highest BCUT2D eigenvalue weighted by Gasteiger charge is 2.45. The average Bonchev–Trinajstić information content (AvgIpc) is 3.38. The van der Waals surface area contributed by atoms with E-state index in [9.17, 15) is 46.8 Å². The highest BCUT2D eigenvalue weighted by molar-refractivity contribution is 7.91. The molecule has 260 valence electrons. The quantitative estimate of drug-likeness (QED) is 0.342. The Morgan fingerprint density at radius 3 is 1.24 bits per heavy atom. The molecule has 2 aliphatic rings. The molecule has 4 rings (SSSR count). The SMILES string of the molecule is CC(C)(C)OC(=O)NCCC(=O)C1C(=O)c2ccc(S(=O)(=O)c3ccc4c(c3)C(=O)C(C(=O)CCNC(=O)OC(C)(C)C)C4=O)cc2C1=O. The highest BCUT2D eigenvalue weighted by atomic mass is 32.2. The van der Waals surface area contributed by atoms with E-state index in [0.717, 1.165) is 36.4 Å². The third-order valence-corrected chi connectivity index (χ3v) is 9.19. The zero-order valence-corrected chi connectivity index (χ0v) is 28.6. The van der Waals surface area contributed by atoms with Crippen LogP contribution in [0.4, 0.5) is 9.59 Å². The van der Waals surface area contributed by atoms with Crippen LogP contribution in [0.15, 0.2) is 46.2 Å². The van der Waals surface area contributed by atoms with Crippen LogP contribution in [0.5, 0.6) is 0 Å². The van der Waals surface area contributed by atoms with Crippen molar-refractivity contribution in [1.82, 2.24) is 10.6 Å². The van der Waals surface area contributed by atoms with Gasteiger partial charge in [-0.25, -0.2) is 18.0 Å². The summed E-state index contributed by atoms with van der Waals surface area (Å²) in [6, 6.07) is 6.36. The van der Waals surface area contributed by atoms with Gasteiger partial charge in [-0.1, -0.05) is 0 Å². The first-order valence-electron chi connectivity index (χ1n) is 15.3. The van der Waals surface area contributed by atoms with Crippen molar-refractivity contribution in [3.8, 4) is 0 Å². The Balaban J connectivity index is 1.47. The normalized spacial score (nSPS) is 17.3. The Kier molecular flexibility index (Phi) is 10.1. The Hall–Kier alpha value is -5.05. The number of amides is 2. The lowest BCUT2D eigenvalue weighted by Crippen LogP contribution is -2.35. The predicted molar refractivity (Wildman–Crippen MR) is 170 cm³/mol. The molecule has 2 atom stereocenters. The van der Waals surface area contributed by atoms with Crippen LogP contribution in [-0.4, -0.2) is 79.6 Å². The molecule has 2 amide bonds. The molecule has 2 aromatic rings. The number of nitrogens with one attached hydrogen (secondary N) is 2. The minimum Gasteiger partial charge on any atom is -0.444 e. The molecule has 0 heterocycles. The number of Topliss-reactive ketones (excluding diaryl/α,β-unsaturated/α-hetero) is 6. The Labute approximate surface area is 282 Å². The summed E-state index contributed by atoms with van der Waals surface area (Å²) < 4.78 is 37.4. The second-order valence-corrected chi connectivity index (χ2v) is 15.5. The van der Waals surface area contributed by atoms with E-state index < -0.39 is 89.6 Å². The minimum absolute atomic E-state index is 0.139. The lowest BCUT2D eigenvalue weighted by molar-refractivity contribution is -0.121. The molecule has 0 saturated carbocycles. The Morgan fingerprint density at radius 1 is 0.592 bits per heavy atom. The number of rotatable bonds is 10. The van der Waals surface area contributed by atoms with Crippen molar-refractivity contribution < 1.29 is 56.2 Å². The number of fused-ring (bicyclic) bond motifs is 2. The zero-order valence-electron chi connectivity index (χ0n) is 27.8. The fraction of sp³-hybridized carbons (Fsp3) is 0.412. The van der Waals surface area contributed by atoms with E-state index in [1.807, 2.05) is 0 Å². The van der Waals surface area contributed by atoms with Crippen LogP contribution in [0.1, 0.15) is 95.8 Å². The molecule has 0 spiro atoms. The molecule has 0 fully saturated rings. The molecule has 0 radical (unpaired) electrons. The van der Waals surface area contributed by atoms with E-state index in [-0.39, 0.29) is 48.2 Å². The lowest BCUT2D eigenvalue weighted by atomic mass is 9.96. The van der Waals surface area contributed by atoms with E-state index >= 15 is 0 Å². The van der Waals surface area contributed by atoms with Gasteiger partial charge in [0.25, 0.3) is 0 Å². The zero-order chi connectivity index (χ0) is 36.6. The third-order valence-electron chi connectivity index (χ3n) is 7.44. The smallest absolute Gasteiger partial charge is 0.407 e. The largest absolute Gasteiger partial charge is 0.444 e. The van der Waals surface area contributed by atoms with E-state index in [1.165, 1.54) is 0 Å². The van der Waals surface area contributed by atoms with E-state index in [4.69, 9.17) is 9.47 Å². The first-order chi connectivity index (χ1) is 22.6. The molecule has 0 aromatic heterocycles. The fourth-order valence-corrected chi connectivity index (χ4v) is 6.60. The highest BCUT2D eigenvalue weighted by Crippen LogP contribution is 2.35. The maximum Gasteiger partial charge on any atom is 0.407 e. The average molecular weight is 697 g/mol. The second-order valence-electron chi connectivity index (χ2n) is 13.5. The van der Waals surface area contributed by atoms with Crippen LogP contribution in [0.2, 0.25) is 0 Å². The number of hydrogen-bond donors (Lipinski definition) is 2. The molecule has 15 heteroatoms. The van der Waals surface area contributed by atoms with Crippen LogP contribution < -0.4 is 10.6 Å². The van der Waals surface area contributed by atoms with E-state index in [0.29, 0.717) is 0 Å². The van der Waals surface area contributed by atoms with Crippen LogP contribution >= 0.6 is 0 Å². The van der Waals surface area contributed by atoms with Gasteiger partial charge in [-0.15, -0.1) is 0 Å². The third kappa shape index (κ3) is 7.99.